The van der Waals surface area contributed by atoms with E-state index in [4.69, 9.17) is 4.99 Å². The summed E-state index contributed by atoms with van der Waals surface area (Å²) >= 11 is 1.36. The van der Waals surface area contributed by atoms with E-state index in [0.717, 1.165) is 22.0 Å². The van der Waals surface area contributed by atoms with Gasteiger partial charge in [0, 0.05) is 34.4 Å². The number of para-hydroxylation sites is 2. The highest BCUT2D eigenvalue weighted by Gasteiger charge is 2.32. The molecule has 3 heterocycles. The molecule has 0 aliphatic carbocycles. The third-order valence-electron chi connectivity index (χ3n) is 7.83. The Labute approximate surface area is 249 Å². The van der Waals surface area contributed by atoms with E-state index in [2.05, 4.69) is 68.0 Å². The van der Waals surface area contributed by atoms with E-state index < -0.39 is 6.04 Å². The van der Waals surface area contributed by atoms with Gasteiger partial charge in [-0.05, 0) is 62.1 Å². The molecule has 0 saturated carbocycles. The predicted octanol–water partition coefficient (Wildman–Crippen LogP) is 6.53. The zero-order valence-corrected chi connectivity index (χ0v) is 25.3. The van der Waals surface area contributed by atoms with E-state index in [1.165, 1.54) is 16.9 Å². The van der Waals surface area contributed by atoms with Gasteiger partial charge in [0.05, 0.1) is 21.8 Å². The minimum absolute atomic E-state index is 0.157. The summed E-state index contributed by atoms with van der Waals surface area (Å²) in [5.41, 5.74) is 5.79. The molecule has 1 aliphatic rings. The Balaban J connectivity index is 1.53. The molecular weight excluding hydrogens is 540 g/mol. The Morgan fingerprint density at radius 2 is 1.64 bits per heavy atom. The monoisotopic (exact) mass is 574 g/mol. The molecule has 6 rings (SSSR count). The fourth-order valence-corrected chi connectivity index (χ4v) is 6.66. The second-order valence-corrected chi connectivity index (χ2v) is 12.3. The summed E-state index contributed by atoms with van der Waals surface area (Å²) in [4.78, 5) is 33.4. The summed E-state index contributed by atoms with van der Waals surface area (Å²) in [5.74, 6) is 0.0989. The zero-order valence-electron chi connectivity index (χ0n) is 24.5. The Hall–Kier alpha value is -4.49. The summed E-state index contributed by atoms with van der Waals surface area (Å²) in [6, 6.07) is 25.5. The minimum Gasteiger partial charge on any atom is -0.344 e. The number of benzene rings is 3. The van der Waals surface area contributed by atoms with Crippen LogP contribution in [0.15, 0.2) is 106 Å². The van der Waals surface area contributed by atoms with Crippen LogP contribution in [0.4, 0.5) is 5.69 Å². The number of hydrogen-bond donors (Lipinski definition) is 1. The number of amides is 1. The van der Waals surface area contributed by atoms with Gasteiger partial charge >= 0.3 is 0 Å². The van der Waals surface area contributed by atoms with E-state index in [1.54, 1.807) is 4.57 Å². The van der Waals surface area contributed by atoms with Gasteiger partial charge in [0.2, 0.25) is 0 Å². The SMILES string of the molecule is CC1=C(C(=O)Nc2ccccc2)[C@@H](c2ccc(C(C)C)cc2)n2c(sc(=Cc3cn(C(C)C)c4ccccc34)c2=O)=N1. The molecule has 0 saturated heterocycles. The van der Waals surface area contributed by atoms with Crippen molar-refractivity contribution in [2.45, 2.75) is 52.6 Å². The van der Waals surface area contributed by atoms with Crippen molar-refractivity contribution in [2.24, 2.45) is 4.99 Å². The zero-order chi connectivity index (χ0) is 29.5. The fraction of sp³-hybridized carbons (Fsp3) is 0.229. The maximum absolute atomic E-state index is 14.2. The molecule has 212 valence electrons. The van der Waals surface area contributed by atoms with Crippen LogP contribution >= 0.6 is 11.3 Å². The number of thiazole rings is 1. The first-order valence-electron chi connectivity index (χ1n) is 14.3. The van der Waals surface area contributed by atoms with Crippen LogP contribution in [0.5, 0.6) is 0 Å². The van der Waals surface area contributed by atoms with Gasteiger partial charge in [-0.3, -0.25) is 14.2 Å². The Bertz CT molecular complexity index is 2010. The highest BCUT2D eigenvalue weighted by molar-refractivity contribution is 7.07. The van der Waals surface area contributed by atoms with Crippen LogP contribution in [0.2, 0.25) is 0 Å². The summed E-state index contributed by atoms with van der Waals surface area (Å²) in [6.45, 7) is 10.5. The van der Waals surface area contributed by atoms with Gasteiger partial charge < -0.3 is 9.88 Å². The van der Waals surface area contributed by atoms with Crippen molar-refractivity contribution in [1.29, 1.82) is 0 Å². The van der Waals surface area contributed by atoms with Gasteiger partial charge in [0.1, 0.15) is 0 Å². The van der Waals surface area contributed by atoms with Crippen LogP contribution in [0.1, 0.15) is 69.3 Å². The number of allylic oxidation sites excluding steroid dienone is 1. The van der Waals surface area contributed by atoms with Gasteiger partial charge in [0.25, 0.3) is 11.5 Å². The molecule has 5 aromatic rings. The van der Waals surface area contributed by atoms with Crippen LogP contribution in [0.3, 0.4) is 0 Å². The van der Waals surface area contributed by atoms with Crippen molar-refractivity contribution in [1.82, 2.24) is 9.13 Å². The van der Waals surface area contributed by atoms with Gasteiger partial charge in [-0.1, -0.05) is 85.8 Å². The third kappa shape index (κ3) is 4.94. The van der Waals surface area contributed by atoms with Gasteiger partial charge in [-0.15, -0.1) is 0 Å². The first-order chi connectivity index (χ1) is 20.2. The molecule has 3 aromatic carbocycles. The molecular formula is C35H34N4O2S. The second-order valence-electron chi connectivity index (χ2n) is 11.3. The van der Waals surface area contributed by atoms with Gasteiger partial charge in [-0.2, -0.15) is 0 Å². The molecule has 0 unspecified atom stereocenters. The molecule has 1 amide bonds. The number of rotatable bonds is 6. The van der Waals surface area contributed by atoms with Crippen LogP contribution in [-0.2, 0) is 4.79 Å². The van der Waals surface area contributed by atoms with E-state index in [-0.39, 0.29) is 17.5 Å². The molecule has 42 heavy (non-hydrogen) atoms. The highest BCUT2D eigenvalue weighted by Crippen LogP contribution is 2.32. The lowest BCUT2D eigenvalue weighted by Crippen LogP contribution is -2.40. The predicted molar refractivity (Wildman–Crippen MR) is 172 cm³/mol. The van der Waals surface area contributed by atoms with Crippen molar-refractivity contribution in [3.8, 4) is 0 Å². The Morgan fingerprint density at radius 3 is 2.33 bits per heavy atom. The maximum atomic E-state index is 14.2. The average Bonchev–Trinajstić information content (AvgIpc) is 3.50. The summed E-state index contributed by atoms with van der Waals surface area (Å²) in [7, 11) is 0. The Kier molecular flexibility index (Phi) is 7.29. The largest absolute Gasteiger partial charge is 0.344 e. The van der Waals surface area contributed by atoms with Gasteiger partial charge in [-0.25, -0.2) is 4.99 Å². The molecule has 7 heteroatoms. The molecule has 0 bridgehead atoms. The van der Waals surface area contributed by atoms with Crippen molar-refractivity contribution < 1.29 is 4.79 Å². The van der Waals surface area contributed by atoms with Crippen LogP contribution in [0.25, 0.3) is 17.0 Å². The van der Waals surface area contributed by atoms with E-state index in [1.807, 2.05) is 67.6 Å². The molecule has 2 aromatic heterocycles. The number of carbonyl (C=O) groups is 1. The number of nitrogens with one attached hydrogen (secondary N) is 1. The third-order valence-corrected chi connectivity index (χ3v) is 8.81. The smallest absolute Gasteiger partial charge is 0.271 e. The number of carbonyl (C=O) groups excluding carboxylic acids is 1. The molecule has 1 N–H and O–H groups in total. The van der Waals surface area contributed by atoms with Crippen molar-refractivity contribution in [2.75, 3.05) is 5.32 Å². The standard InChI is InChI=1S/C35H34N4O2S/c1-21(2)24-15-17-25(18-16-24)32-31(33(40)37-27-11-7-6-8-12-27)23(5)36-35-39(32)34(41)30(42-35)19-26-20-38(22(3)4)29-14-10-9-13-28(26)29/h6-22,32H,1-5H3,(H,37,40)/t32-/m1/s1. The van der Waals surface area contributed by atoms with E-state index in [0.29, 0.717) is 32.2 Å². The molecule has 1 aliphatic heterocycles. The summed E-state index contributed by atoms with van der Waals surface area (Å²) in [5, 5.41) is 4.12. The number of nitrogens with zero attached hydrogens (tertiary/aromatic N) is 3. The van der Waals surface area contributed by atoms with Crippen molar-refractivity contribution in [3.63, 3.8) is 0 Å². The maximum Gasteiger partial charge on any atom is 0.271 e. The fourth-order valence-electron chi connectivity index (χ4n) is 5.63. The lowest BCUT2D eigenvalue weighted by molar-refractivity contribution is -0.113. The average molecular weight is 575 g/mol. The van der Waals surface area contributed by atoms with Gasteiger partial charge in [0.15, 0.2) is 4.80 Å². The summed E-state index contributed by atoms with van der Waals surface area (Å²) < 4.78 is 4.50. The summed E-state index contributed by atoms with van der Waals surface area (Å²) in [6.07, 6.45) is 4.08. The van der Waals surface area contributed by atoms with Crippen LogP contribution < -0.4 is 20.2 Å². The first-order valence-corrected chi connectivity index (χ1v) is 15.1. The molecule has 1 atom stereocenters. The number of fused-ring (bicyclic) bond motifs is 2. The normalized spacial score (nSPS) is 15.4. The molecule has 6 nitrogen and oxygen atoms in total. The first kappa shape index (κ1) is 27.7. The number of hydrogen-bond acceptors (Lipinski definition) is 4. The van der Waals surface area contributed by atoms with Crippen LogP contribution in [-0.4, -0.2) is 15.0 Å². The second kappa shape index (κ2) is 11.1. The quantitative estimate of drug-likeness (QED) is 0.250. The number of anilines is 1. The lowest BCUT2D eigenvalue weighted by Gasteiger charge is -2.25. The highest BCUT2D eigenvalue weighted by atomic mass is 32.1. The topological polar surface area (TPSA) is 68.4 Å². The Morgan fingerprint density at radius 1 is 0.952 bits per heavy atom. The lowest BCUT2D eigenvalue weighted by atomic mass is 9.93. The van der Waals surface area contributed by atoms with Crippen molar-refractivity contribution >= 4 is 39.9 Å². The van der Waals surface area contributed by atoms with E-state index >= 15 is 0 Å². The van der Waals surface area contributed by atoms with Crippen LogP contribution in [0, 0.1) is 0 Å². The molecule has 0 fully saturated rings. The van der Waals surface area contributed by atoms with E-state index in [9.17, 15) is 9.59 Å². The molecule has 0 spiro atoms. The number of aromatic nitrogens is 2. The molecule has 0 radical (unpaired) electrons. The van der Waals surface area contributed by atoms with Crippen molar-refractivity contribution in [3.05, 3.63) is 133 Å². The minimum atomic E-state index is -0.606.